The van der Waals surface area contributed by atoms with Crippen molar-refractivity contribution in [3.8, 4) is 28.5 Å². The van der Waals surface area contributed by atoms with Crippen LogP contribution in [0, 0.1) is 0 Å². The fraction of sp³-hybridized carbons (Fsp3) is 0.217. The van der Waals surface area contributed by atoms with E-state index in [1.807, 2.05) is 24.3 Å². The van der Waals surface area contributed by atoms with Crippen molar-refractivity contribution in [3.05, 3.63) is 76.8 Å². The van der Waals surface area contributed by atoms with Gasteiger partial charge in [0.15, 0.2) is 11.5 Å². The number of aliphatic hydroxyl groups is 1. The summed E-state index contributed by atoms with van der Waals surface area (Å²) in [5.74, 6) is 1.84. The number of aromatic nitrogens is 3. The molecule has 0 amide bonds. The Hall–Kier alpha value is -3.78. The van der Waals surface area contributed by atoms with E-state index in [1.165, 1.54) is 11.7 Å². The van der Waals surface area contributed by atoms with Crippen LogP contribution in [0.2, 0.25) is 0 Å². The zero-order valence-corrected chi connectivity index (χ0v) is 17.5. The third-order valence-electron chi connectivity index (χ3n) is 5.15. The van der Waals surface area contributed by atoms with Crippen LogP contribution in [0.4, 0.5) is 0 Å². The van der Waals surface area contributed by atoms with Gasteiger partial charge in [-0.3, -0.25) is 4.79 Å². The Morgan fingerprint density at radius 1 is 0.935 bits per heavy atom. The summed E-state index contributed by atoms with van der Waals surface area (Å²) in [5, 5.41) is 15.2. The van der Waals surface area contributed by atoms with Gasteiger partial charge in [-0.1, -0.05) is 6.07 Å². The van der Waals surface area contributed by atoms with Gasteiger partial charge in [0.05, 0.1) is 39.7 Å². The van der Waals surface area contributed by atoms with Crippen LogP contribution in [0.5, 0.6) is 17.2 Å². The molecule has 2 aromatic carbocycles. The molecule has 0 saturated carbocycles. The van der Waals surface area contributed by atoms with Crippen molar-refractivity contribution in [3.63, 3.8) is 0 Å². The lowest BCUT2D eigenvalue weighted by atomic mass is 10.1. The molecule has 0 bridgehead atoms. The lowest BCUT2D eigenvalue weighted by molar-refractivity contribution is 0.154. The van der Waals surface area contributed by atoms with Crippen LogP contribution < -0.4 is 19.8 Å². The van der Waals surface area contributed by atoms with Gasteiger partial charge in [0.1, 0.15) is 11.3 Å². The number of fused-ring (bicyclic) bond motifs is 1. The van der Waals surface area contributed by atoms with Crippen LogP contribution in [-0.4, -0.2) is 40.6 Å². The summed E-state index contributed by atoms with van der Waals surface area (Å²) in [6, 6.07) is 14.4. The predicted octanol–water partition coefficient (Wildman–Crippen LogP) is 2.92. The van der Waals surface area contributed by atoms with Crippen molar-refractivity contribution in [2.45, 2.75) is 12.6 Å². The Balaban J connectivity index is 1.62. The van der Waals surface area contributed by atoms with E-state index in [-0.39, 0.29) is 12.1 Å². The normalized spacial score (nSPS) is 12.0. The number of rotatable bonds is 7. The van der Waals surface area contributed by atoms with Gasteiger partial charge in [0.2, 0.25) is 0 Å². The van der Waals surface area contributed by atoms with E-state index in [2.05, 4.69) is 5.10 Å². The van der Waals surface area contributed by atoms with Gasteiger partial charge >= 0.3 is 0 Å². The summed E-state index contributed by atoms with van der Waals surface area (Å²) in [7, 11) is 4.69. The average molecular weight is 421 g/mol. The van der Waals surface area contributed by atoms with Crippen molar-refractivity contribution in [2.75, 3.05) is 21.3 Å². The molecule has 0 fully saturated rings. The summed E-state index contributed by atoms with van der Waals surface area (Å²) < 4.78 is 18.7. The van der Waals surface area contributed by atoms with Gasteiger partial charge in [0.25, 0.3) is 5.56 Å². The van der Waals surface area contributed by atoms with Gasteiger partial charge in [-0.15, -0.1) is 0 Å². The van der Waals surface area contributed by atoms with Crippen molar-refractivity contribution in [1.29, 1.82) is 0 Å². The van der Waals surface area contributed by atoms with Crippen LogP contribution in [0.3, 0.4) is 0 Å². The zero-order valence-electron chi connectivity index (χ0n) is 17.5. The lowest BCUT2D eigenvalue weighted by Gasteiger charge is -2.15. The largest absolute Gasteiger partial charge is 0.497 e. The summed E-state index contributed by atoms with van der Waals surface area (Å²) in [5.41, 5.74) is 2.36. The summed E-state index contributed by atoms with van der Waals surface area (Å²) >= 11 is 0. The second-order valence-electron chi connectivity index (χ2n) is 6.97. The Labute approximate surface area is 178 Å². The van der Waals surface area contributed by atoms with E-state index in [0.29, 0.717) is 28.3 Å². The standard InChI is InChI=1S/C23H23N3O5/c1-29-17-7-4-15(5-8-17)18-13-19-23(28)25(10-11-26(19)24-18)14-20(27)16-6-9-21(30-2)22(12-16)31-3/h4-13,20,27H,14H2,1-3H3/t20-/m0/s1. The molecular weight excluding hydrogens is 398 g/mol. The van der Waals surface area contributed by atoms with Crippen molar-refractivity contribution < 1.29 is 19.3 Å². The summed E-state index contributed by atoms with van der Waals surface area (Å²) in [6.45, 7) is 0.0911. The van der Waals surface area contributed by atoms with Crippen LogP contribution in [0.1, 0.15) is 11.7 Å². The minimum Gasteiger partial charge on any atom is -0.497 e. The molecule has 1 N–H and O–H groups in total. The minimum atomic E-state index is -0.899. The van der Waals surface area contributed by atoms with E-state index in [1.54, 1.807) is 55.4 Å². The van der Waals surface area contributed by atoms with Crippen LogP contribution in [0.25, 0.3) is 16.8 Å². The molecule has 160 valence electrons. The first-order valence-electron chi connectivity index (χ1n) is 9.67. The Kier molecular flexibility index (Phi) is 5.64. The van der Waals surface area contributed by atoms with E-state index in [0.717, 1.165) is 11.3 Å². The fourth-order valence-corrected chi connectivity index (χ4v) is 3.42. The lowest BCUT2D eigenvalue weighted by Crippen LogP contribution is -2.24. The topological polar surface area (TPSA) is 87.2 Å². The second kappa shape index (κ2) is 8.53. The Morgan fingerprint density at radius 3 is 2.35 bits per heavy atom. The minimum absolute atomic E-state index is 0.0911. The van der Waals surface area contributed by atoms with Crippen LogP contribution in [-0.2, 0) is 6.54 Å². The summed E-state index contributed by atoms with van der Waals surface area (Å²) in [4.78, 5) is 13.0. The molecule has 0 aliphatic heterocycles. The van der Waals surface area contributed by atoms with Crippen molar-refractivity contribution >= 4 is 5.52 Å². The third-order valence-corrected chi connectivity index (χ3v) is 5.15. The highest BCUT2D eigenvalue weighted by atomic mass is 16.5. The highest BCUT2D eigenvalue weighted by Gasteiger charge is 2.15. The highest BCUT2D eigenvalue weighted by Crippen LogP contribution is 2.30. The molecule has 8 nitrogen and oxygen atoms in total. The van der Waals surface area contributed by atoms with E-state index in [4.69, 9.17) is 14.2 Å². The maximum atomic E-state index is 13.0. The molecule has 31 heavy (non-hydrogen) atoms. The molecule has 0 unspecified atom stereocenters. The predicted molar refractivity (Wildman–Crippen MR) is 116 cm³/mol. The molecule has 0 spiro atoms. The molecular formula is C23H23N3O5. The molecule has 8 heteroatoms. The van der Waals surface area contributed by atoms with Crippen molar-refractivity contribution in [2.24, 2.45) is 0 Å². The summed E-state index contributed by atoms with van der Waals surface area (Å²) in [6.07, 6.45) is 2.42. The van der Waals surface area contributed by atoms with E-state index < -0.39 is 6.10 Å². The first kappa shape index (κ1) is 20.5. The third kappa shape index (κ3) is 3.97. The first-order valence-corrected chi connectivity index (χ1v) is 9.67. The van der Waals surface area contributed by atoms with Gasteiger partial charge < -0.3 is 23.9 Å². The number of ether oxygens (including phenoxy) is 3. The van der Waals surface area contributed by atoms with E-state index >= 15 is 0 Å². The Morgan fingerprint density at radius 2 is 1.68 bits per heavy atom. The number of aliphatic hydroxyl groups excluding tert-OH is 1. The molecule has 0 saturated heterocycles. The molecule has 4 rings (SSSR count). The maximum absolute atomic E-state index is 13.0. The first-order chi connectivity index (χ1) is 15.0. The maximum Gasteiger partial charge on any atom is 0.276 e. The SMILES string of the molecule is COc1ccc(-c2cc3c(=O)n(C[C@H](O)c4ccc(OC)c(OC)c4)ccn3n2)cc1. The Bertz CT molecular complexity index is 1260. The number of hydrogen-bond donors (Lipinski definition) is 1. The molecule has 0 aliphatic rings. The van der Waals surface area contributed by atoms with Gasteiger partial charge in [-0.05, 0) is 48.0 Å². The molecule has 2 heterocycles. The van der Waals surface area contributed by atoms with Gasteiger partial charge in [-0.25, -0.2) is 4.52 Å². The van der Waals surface area contributed by atoms with Gasteiger partial charge in [-0.2, -0.15) is 5.10 Å². The quantitative estimate of drug-likeness (QED) is 0.494. The highest BCUT2D eigenvalue weighted by molar-refractivity contribution is 5.66. The van der Waals surface area contributed by atoms with Crippen molar-refractivity contribution in [1.82, 2.24) is 14.2 Å². The number of methoxy groups -OCH3 is 3. The van der Waals surface area contributed by atoms with Crippen LogP contribution >= 0.6 is 0 Å². The average Bonchev–Trinajstić information content (AvgIpc) is 3.25. The van der Waals surface area contributed by atoms with Crippen LogP contribution in [0.15, 0.2) is 65.7 Å². The smallest absolute Gasteiger partial charge is 0.276 e. The number of hydrogen-bond acceptors (Lipinski definition) is 6. The molecule has 0 aliphatic carbocycles. The van der Waals surface area contributed by atoms with Gasteiger partial charge in [0, 0.05) is 18.0 Å². The number of benzene rings is 2. The molecule has 0 radical (unpaired) electrons. The van der Waals surface area contributed by atoms with E-state index in [9.17, 15) is 9.90 Å². The molecule has 4 aromatic rings. The zero-order chi connectivity index (χ0) is 22.0. The molecule has 1 atom stereocenters. The molecule has 2 aromatic heterocycles. The second-order valence-corrected chi connectivity index (χ2v) is 6.97. The monoisotopic (exact) mass is 421 g/mol. The number of nitrogens with zero attached hydrogens (tertiary/aromatic N) is 3. The fourth-order valence-electron chi connectivity index (χ4n) is 3.42.